The van der Waals surface area contributed by atoms with Crippen molar-refractivity contribution in [3.63, 3.8) is 0 Å². The molecule has 0 aromatic heterocycles. The maximum Gasteiger partial charge on any atom is 0.233 e. The van der Waals surface area contributed by atoms with Crippen LogP contribution in [0.5, 0.6) is 0 Å². The van der Waals surface area contributed by atoms with Crippen LogP contribution in [0.4, 0.5) is 0 Å². The zero-order valence-electron chi connectivity index (χ0n) is 9.71. The van der Waals surface area contributed by atoms with E-state index in [9.17, 15) is 4.79 Å². The highest BCUT2D eigenvalue weighted by molar-refractivity contribution is 5.77. The topological polar surface area (TPSA) is 50.4 Å². The van der Waals surface area contributed by atoms with Gasteiger partial charge in [0.05, 0.1) is 13.2 Å². The molecule has 0 heterocycles. The van der Waals surface area contributed by atoms with Crippen LogP contribution >= 0.6 is 0 Å². The number of amides is 1. The summed E-state index contributed by atoms with van der Waals surface area (Å²) in [6.07, 6.45) is 2.67. The Hall–Kier alpha value is -0.610. The Labute approximate surface area is 91.8 Å². The minimum atomic E-state index is 0.0820. The Kier molecular flexibility index (Phi) is 5.65. The molecule has 0 radical (unpaired) electrons. The van der Waals surface area contributed by atoms with Crippen molar-refractivity contribution in [2.75, 3.05) is 33.4 Å². The first-order valence-electron chi connectivity index (χ1n) is 5.70. The lowest BCUT2D eigenvalue weighted by Crippen LogP contribution is -2.37. The predicted octanol–water partition coefficient (Wildman–Crippen LogP) is 0.385. The van der Waals surface area contributed by atoms with Crippen molar-refractivity contribution in [1.82, 2.24) is 10.6 Å². The number of methoxy groups -OCH3 is 1. The molecule has 1 amide bonds. The second-order valence-corrected chi connectivity index (χ2v) is 4.29. The fraction of sp³-hybridized carbons (Fsp3) is 0.909. The molecule has 1 atom stereocenters. The van der Waals surface area contributed by atoms with Crippen molar-refractivity contribution < 1.29 is 9.53 Å². The van der Waals surface area contributed by atoms with Crippen LogP contribution in [0.15, 0.2) is 0 Å². The van der Waals surface area contributed by atoms with Crippen molar-refractivity contribution in [3.8, 4) is 0 Å². The van der Waals surface area contributed by atoms with Gasteiger partial charge < -0.3 is 15.4 Å². The highest BCUT2D eigenvalue weighted by Gasteiger charge is 2.27. The normalized spacial score (nSPS) is 17.5. The van der Waals surface area contributed by atoms with Crippen molar-refractivity contribution in [3.05, 3.63) is 0 Å². The molecule has 4 heteroatoms. The van der Waals surface area contributed by atoms with Crippen LogP contribution in [0.3, 0.4) is 0 Å². The quantitative estimate of drug-likeness (QED) is 0.575. The Bertz CT molecular complexity index is 193. The fourth-order valence-corrected chi connectivity index (χ4v) is 1.55. The zero-order chi connectivity index (χ0) is 11.1. The molecular weight excluding hydrogens is 192 g/mol. The van der Waals surface area contributed by atoms with E-state index in [0.717, 1.165) is 19.0 Å². The molecular formula is C11H22N2O2. The Morgan fingerprint density at radius 1 is 1.53 bits per heavy atom. The largest absolute Gasteiger partial charge is 0.383 e. The third-order valence-electron chi connectivity index (χ3n) is 2.82. The fourth-order valence-electron chi connectivity index (χ4n) is 1.55. The lowest BCUT2D eigenvalue weighted by Gasteiger charge is -2.11. The third kappa shape index (κ3) is 5.74. The van der Waals surface area contributed by atoms with Crippen LogP contribution in [0, 0.1) is 11.8 Å². The van der Waals surface area contributed by atoms with Crippen LogP contribution in [0.2, 0.25) is 0 Å². The number of carbonyl (C=O) groups excluding carboxylic acids is 1. The summed E-state index contributed by atoms with van der Waals surface area (Å²) in [6.45, 7) is 4.78. The maximum absolute atomic E-state index is 11.3. The van der Waals surface area contributed by atoms with Crippen molar-refractivity contribution in [2.24, 2.45) is 11.8 Å². The zero-order valence-corrected chi connectivity index (χ0v) is 9.71. The van der Waals surface area contributed by atoms with Gasteiger partial charge >= 0.3 is 0 Å². The van der Waals surface area contributed by atoms with Gasteiger partial charge in [0.2, 0.25) is 5.91 Å². The summed E-state index contributed by atoms with van der Waals surface area (Å²) < 4.78 is 4.87. The van der Waals surface area contributed by atoms with Crippen LogP contribution in [-0.2, 0) is 9.53 Å². The summed E-state index contributed by atoms with van der Waals surface area (Å²) in [6, 6.07) is 0. The highest BCUT2D eigenvalue weighted by atomic mass is 16.5. The van der Waals surface area contributed by atoms with Crippen molar-refractivity contribution >= 4 is 5.91 Å². The van der Waals surface area contributed by atoms with Gasteiger partial charge in [0.25, 0.3) is 0 Å². The van der Waals surface area contributed by atoms with Crippen LogP contribution < -0.4 is 10.6 Å². The Morgan fingerprint density at radius 3 is 2.87 bits per heavy atom. The number of rotatable bonds is 8. The SMILES string of the molecule is COCCNCC(=O)NCC(C)C1CC1. The molecule has 1 rings (SSSR count). The average molecular weight is 214 g/mol. The van der Waals surface area contributed by atoms with E-state index in [1.54, 1.807) is 7.11 Å². The monoisotopic (exact) mass is 214 g/mol. The highest BCUT2D eigenvalue weighted by Crippen LogP contribution is 2.35. The van der Waals surface area contributed by atoms with Crippen LogP contribution in [-0.4, -0.2) is 39.3 Å². The number of carbonyl (C=O) groups is 1. The molecule has 1 saturated carbocycles. The van der Waals surface area contributed by atoms with Gasteiger partial charge in [-0.15, -0.1) is 0 Å². The minimum Gasteiger partial charge on any atom is -0.383 e. The van der Waals surface area contributed by atoms with Gasteiger partial charge in [0.15, 0.2) is 0 Å². The number of nitrogens with one attached hydrogen (secondary N) is 2. The van der Waals surface area contributed by atoms with E-state index in [0.29, 0.717) is 19.1 Å². The molecule has 1 fully saturated rings. The van der Waals surface area contributed by atoms with Gasteiger partial charge in [-0.2, -0.15) is 0 Å². The third-order valence-corrected chi connectivity index (χ3v) is 2.82. The van der Waals surface area contributed by atoms with E-state index >= 15 is 0 Å². The van der Waals surface area contributed by atoms with E-state index in [2.05, 4.69) is 17.6 Å². The lowest BCUT2D eigenvalue weighted by atomic mass is 10.1. The Morgan fingerprint density at radius 2 is 2.27 bits per heavy atom. The molecule has 1 aliphatic rings. The lowest BCUT2D eigenvalue weighted by molar-refractivity contribution is -0.120. The van der Waals surface area contributed by atoms with Gasteiger partial charge in [-0.3, -0.25) is 4.79 Å². The van der Waals surface area contributed by atoms with Gasteiger partial charge in [-0.25, -0.2) is 0 Å². The first-order valence-corrected chi connectivity index (χ1v) is 5.70. The smallest absolute Gasteiger partial charge is 0.233 e. The van der Waals surface area contributed by atoms with E-state index in [1.165, 1.54) is 12.8 Å². The number of hydrogen-bond acceptors (Lipinski definition) is 3. The summed E-state index contributed by atoms with van der Waals surface area (Å²) in [5, 5.41) is 5.96. The van der Waals surface area contributed by atoms with E-state index < -0.39 is 0 Å². The minimum absolute atomic E-state index is 0.0820. The molecule has 0 saturated heterocycles. The molecule has 0 aliphatic heterocycles. The number of hydrogen-bond donors (Lipinski definition) is 2. The molecule has 4 nitrogen and oxygen atoms in total. The standard InChI is InChI=1S/C11H22N2O2/c1-9(10-3-4-10)7-13-11(14)8-12-5-6-15-2/h9-10,12H,3-8H2,1-2H3,(H,13,14). The van der Waals surface area contributed by atoms with Gasteiger partial charge in [0.1, 0.15) is 0 Å². The van der Waals surface area contributed by atoms with Crippen molar-refractivity contribution in [1.29, 1.82) is 0 Å². The van der Waals surface area contributed by atoms with Crippen LogP contribution in [0.1, 0.15) is 19.8 Å². The molecule has 2 N–H and O–H groups in total. The first kappa shape index (κ1) is 12.5. The maximum atomic E-state index is 11.3. The van der Waals surface area contributed by atoms with Gasteiger partial charge in [-0.1, -0.05) is 6.92 Å². The molecule has 0 aromatic carbocycles. The number of ether oxygens (including phenoxy) is 1. The summed E-state index contributed by atoms with van der Waals surface area (Å²) in [7, 11) is 1.65. The second-order valence-electron chi connectivity index (χ2n) is 4.29. The van der Waals surface area contributed by atoms with E-state index in [4.69, 9.17) is 4.74 Å². The second kappa shape index (κ2) is 6.80. The molecule has 0 spiro atoms. The van der Waals surface area contributed by atoms with Crippen LogP contribution in [0.25, 0.3) is 0 Å². The summed E-state index contributed by atoms with van der Waals surface area (Å²) in [5.74, 6) is 1.57. The molecule has 0 bridgehead atoms. The summed E-state index contributed by atoms with van der Waals surface area (Å²) in [4.78, 5) is 11.3. The van der Waals surface area contributed by atoms with E-state index in [1.807, 2.05) is 0 Å². The predicted molar refractivity (Wildman–Crippen MR) is 59.6 cm³/mol. The molecule has 1 aliphatic carbocycles. The molecule has 0 aromatic rings. The summed E-state index contributed by atoms with van der Waals surface area (Å²) >= 11 is 0. The molecule has 1 unspecified atom stereocenters. The van der Waals surface area contributed by atoms with Gasteiger partial charge in [0, 0.05) is 20.2 Å². The summed E-state index contributed by atoms with van der Waals surface area (Å²) in [5.41, 5.74) is 0. The first-order chi connectivity index (χ1) is 7.24. The van der Waals surface area contributed by atoms with Crippen molar-refractivity contribution in [2.45, 2.75) is 19.8 Å². The molecule has 88 valence electrons. The van der Waals surface area contributed by atoms with E-state index in [-0.39, 0.29) is 5.91 Å². The average Bonchev–Trinajstić information content (AvgIpc) is 3.04. The van der Waals surface area contributed by atoms with Gasteiger partial charge in [-0.05, 0) is 24.7 Å². The Balaban J connectivity index is 1.93. The molecule has 15 heavy (non-hydrogen) atoms.